The maximum Gasteiger partial charge on any atom is 0.327 e. The molecule has 3 atom stereocenters. The van der Waals surface area contributed by atoms with Gasteiger partial charge in [-0.1, -0.05) is 17.8 Å². The lowest BCUT2D eigenvalue weighted by atomic mass is 9.98. The molecule has 4 heterocycles. The number of likely N-dealkylation sites (tertiary alicyclic amines) is 1. The van der Waals surface area contributed by atoms with Crippen LogP contribution in [0.25, 0.3) is 0 Å². The third kappa shape index (κ3) is 4.58. The Morgan fingerprint density at radius 1 is 1.18 bits per heavy atom. The summed E-state index contributed by atoms with van der Waals surface area (Å²) in [5, 5.41) is 6.53. The number of carbonyl (C=O) groups excluding carboxylic acids is 2. The first kappa shape index (κ1) is 24.7. The molecule has 2 N–H and O–H groups in total. The Balaban J connectivity index is 1.26. The number of hydrogen-bond donors (Lipinski definition) is 2. The van der Waals surface area contributed by atoms with Gasteiger partial charge in [0, 0.05) is 30.4 Å². The monoisotopic (exact) mass is 533 g/mol. The lowest BCUT2D eigenvalue weighted by Crippen LogP contribution is -2.52. The van der Waals surface area contributed by atoms with Gasteiger partial charge >= 0.3 is 6.03 Å². The lowest BCUT2D eigenvalue weighted by molar-refractivity contribution is -0.122. The summed E-state index contributed by atoms with van der Waals surface area (Å²) >= 11 is 1.40. The highest BCUT2D eigenvalue weighted by atomic mass is 32.2. The molecule has 0 spiro atoms. The van der Waals surface area contributed by atoms with Crippen LogP contribution in [-0.2, 0) is 4.79 Å². The molecule has 10 heteroatoms. The fourth-order valence-corrected chi connectivity index (χ4v) is 6.68. The van der Waals surface area contributed by atoms with Crippen LogP contribution in [0.3, 0.4) is 0 Å². The van der Waals surface area contributed by atoms with Gasteiger partial charge in [0.25, 0.3) is 0 Å². The summed E-state index contributed by atoms with van der Waals surface area (Å²) in [7, 11) is 2.06. The van der Waals surface area contributed by atoms with Gasteiger partial charge in [-0.05, 0) is 75.3 Å². The summed E-state index contributed by atoms with van der Waals surface area (Å²) < 4.78 is 19.4. The molecule has 3 aliphatic rings. The summed E-state index contributed by atoms with van der Waals surface area (Å²) in [4.78, 5) is 35.2. The number of halogens is 1. The van der Waals surface area contributed by atoms with Crippen LogP contribution in [0.1, 0.15) is 30.0 Å². The van der Waals surface area contributed by atoms with Crippen LogP contribution < -0.4 is 20.3 Å². The summed E-state index contributed by atoms with van der Waals surface area (Å²) in [5.41, 5.74) is 3.06. The second kappa shape index (κ2) is 9.92. The highest BCUT2D eigenvalue weighted by Crippen LogP contribution is 2.51. The van der Waals surface area contributed by atoms with Gasteiger partial charge in [-0.3, -0.25) is 9.69 Å². The van der Waals surface area contributed by atoms with E-state index in [1.165, 1.54) is 23.9 Å². The first-order valence-corrected chi connectivity index (χ1v) is 13.5. The van der Waals surface area contributed by atoms with Gasteiger partial charge in [0.1, 0.15) is 27.6 Å². The Hall–Kier alpha value is -3.63. The van der Waals surface area contributed by atoms with Crippen LogP contribution in [0.2, 0.25) is 0 Å². The molecule has 3 aromatic rings. The zero-order chi connectivity index (χ0) is 26.4. The second-order valence-corrected chi connectivity index (χ2v) is 11.1. The molecule has 0 aliphatic carbocycles. The van der Waals surface area contributed by atoms with Crippen molar-refractivity contribution in [2.75, 3.05) is 25.0 Å². The molecular weight excluding hydrogens is 505 g/mol. The van der Waals surface area contributed by atoms with Crippen LogP contribution >= 0.6 is 11.8 Å². The van der Waals surface area contributed by atoms with Crippen molar-refractivity contribution in [3.05, 3.63) is 71.7 Å². The molecule has 0 radical (unpaired) electrons. The van der Waals surface area contributed by atoms with E-state index < -0.39 is 11.3 Å². The number of piperidine rings is 1. The van der Waals surface area contributed by atoms with Crippen molar-refractivity contribution in [3.63, 3.8) is 0 Å². The Morgan fingerprint density at radius 3 is 2.82 bits per heavy atom. The highest BCUT2D eigenvalue weighted by molar-refractivity contribution is 8.01. The van der Waals surface area contributed by atoms with Crippen molar-refractivity contribution >= 4 is 35.1 Å². The number of benzene rings is 2. The Kier molecular flexibility index (Phi) is 6.45. The summed E-state index contributed by atoms with van der Waals surface area (Å²) in [5.74, 6) is 0.475. The topological polar surface area (TPSA) is 86.8 Å². The Bertz CT molecular complexity index is 1420. The Labute approximate surface area is 224 Å². The number of nitrogens with one attached hydrogen (secondary N) is 2. The minimum absolute atomic E-state index is 0.0759. The van der Waals surface area contributed by atoms with Crippen LogP contribution in [0.15, 0.2) is 59.8 Å². The molecule has 3 amide bonds. The number of ether oxygens (including phenoxy) is 1. The standard InChI is InChI=1S/C28H28FN5O3S/c1-16-13-20(37-19-7-3-5-17(29)14-19)8-9-21(16)34-22-10-11-30-27-23(22)24(32-28(34)36)25(38-27)26(35)31-18-6-4-12-33(2)15-18/h3,5,7-11,13-14,18,24-25H,4,6,12,15H2,1-2H3,(H,31,35)(H,32,36)/t18?,24?,25-/m1/s1. The minimum Gasteiger partial charge on any atom is -0.457 e. The van der Waals surface area contributed by atoms with E-state index in [1.807, 2.05) is 25.1 Å². The molecule has 1 saturated heterocycles. The van der Waals surface area contributed by atoms with E-state index in [0.29, 0.717) is 22.9 Å². The van der Waals surface area contributed by atoms with Crippen LogP contribution in [0, 0.1) is 12.7 Å². The smallest absolute Gasteiger partial charge is 0.327 e. The number of pyridine rings is 1. The van der Waals surface area contributed by atoms with Crippen LogP contribution in [0.4, 0.5) is 20.6 Å². The summed E-state index contributed by atoms with van der Waals surface area (Å²) in [6, 6.07) is 12.5. The number of aromatic nitrogens is 1. The van der Waals surface area contributed by atoms with Crippen molar-refractivity contribution in [1.29, 1.82) is 0 Å². The average molecular weight is 534 g/mol. The molecular formula is C28H28FN5O3S. The van der Waals surface area contributed by atoms with Gasteiger partial charge in [0.05, 0.1) is 17.4 Å². The van der Waals surface area contributed by atoms with Crippen molar-refractivity contribution in [3.8, 4) is 11.5 Å². The second-order valence-electron chi connectivity index (χ2n) is 9.97. The van der Waals surface area contributed by atoms with Gasteiger partial charge < -0.3 is 20.3 Å². The number of likely N-dealkylation sites (N-methyl/N-ethyl adjacent to an activating group) is 1. The zero-order valence-electron chi connectivity index (χ0n) is 21.1. The Morgan fingerprint density at radius 2 is 2.03 bits per heavy atom. The number of rotatable bonds is 5. The first-order valence-electron chi connectivity index (χ1n) is 12.7. The predicted molar refractivity (Wildman–Crippen MR) is 144 cm³/mol. The van der Waals surface area contributed by atoms with Gasteiger partial charge in [0.2, 0.25) is 5.91 Å². The SMILES string of the molecule is Cc1cc(Oc2cccc(F)c2)ccc1N1C(=O)NC2c3c1ccnc3S[C@H]2C(=O)NC1CCCN(C)C1. The van der Waals surface area contributed by atoms with Crippen molar-refractivity contribution < 1.29 is 18.7 Å². The molecule has 3 aliphatic heterocycles. The number of amides is 3. The maximum absolute atomic E-state index is 13.6. The molecule has 8 nitrogen and oxygen atoms in total. The lowest BCUT2D eigenvalue weighted by Gasteiger charge is -2.35. The van der Waals surface area contributed by atoms with E-state index in [1.54, 1.807) is 29.3 Å². The van der Waals surface area contributed by atoms with Crippen molar-refractivity contribution in [1.82, 2.24) is 20.5 Å². The largest absolute Gasteiger partial charge is 0.457 e. The maximum atomic E-state index is 13.6. The third-order valence-electron chi connectivity index (χ3n) is 7.18. The van der Waals surface area contributed by atoms with E-state index >= 15 is 0 Å². The molecule has 1 aromatic heterocycles. The number of hydrogen-bond acceptors (Lipinski definition) is 6. The van der Waals surface area contributed by atoms with E-state index in [-0.39, 0.29) is 23.8 Å². The molecule has 0 saturated carbocycles. The molecule has 2 aromatic carbocycles. The quantitative estimate of drug-likeness (QED) is 0.485. The number of carbonyl (C=O) groups is 2. The average Bonchev–Trinajstić information content (AvgIpc) is 3.25. The van der Waals surface area contributed by atoms with E-state index in [2.05, 4.69) is 27.6 Å². The summed E-state index contributed by atoms with van der Waals surface area (Å²) in [6.07, 6.45) is 3.68. The molecule has 38 heavy (non-hydrogen) atoms. The van der Waals surface area contributed by atoms with E-state index in [0.717, 1.165) is 42.1 Å². The van der Waals surface area contributed by atoms with Crippen LogP contribution in [-0.4, -0.2) is 53.3 Å². The number of aryl methyl sites for hydroxylation is 1. The van der Waals surface area contributed by atoms with Gasteiger partial charge in [-0.25, -0.2) is 14.2 Å². The number of urea groups is 1. The van der Waals surface area contributed by atoms with Crippen molar-refractivity contribution in [2.45, 2.75) is 42.1 Å². The van der Waals surface area contributed by atoms with Crippen LogP contribution in [0.5, 0.6) is 11.5 Å². The zero-order valence-corrected chi connectivity index (χ0v) is 21.9. The molecule has 196 valence electrons. The molecule has 6 rings (SSSR count). The van der Waals surface area contributed by atoms with Gasteiger partial charge in [0.15, 0.2) is 0 Å². The number of anilines is 2. The first-order chi connectivity index (χ1) is 18.4. The minimum atomic E-state index is -0.486. The molecule has 0 bridgehead atoms. The highest BCUT2D eigenvalue weighted by Gasteiger charge is 2.47. The summed E-state index contributed by atoms with van der Waals surface area (Å²) in [6.45, 7) is 3.75. The third-order valence-corrected chi connectivity index (χ3v) is 8.46. The fraction of sp³-hybridized carbons (Fsp3) is 0.321. The van der Waals surface area contributed by atoms with E-state index in [4.69, 9.17) is 4.74 Å². The molecule has 1 fully saturated rings. The van der Waals surface area contributed by atoms with Crippen molar-refractivity contribution in [2.24, 2.45) is 0 Å². The predicted octanol–water partition coefficient (Wildman–Crippen LogP) is 4.91. The number of thioether (sulfide) groups is 1. The fourth-order valence-electron chi connectivity index (χ4n) is 5.44. The number of nitrogens with zero attached hydrogens (tertiary/aromatic N) is 3. The normalized spacial score (nSPS) is 22.6. The van der Waals surface area contributed by atoms with E-state index in [9.17, 15) is 14.0 Å². The van der Waals surface area contributed by atoms with Gasteiger partial charge in [-0.15, -0.1) is 0 Å². The molecule has 2 unspecified atom stereocenters. The van der Waals surface area contributed by atoms with Gasteiger partial charge in [-0.2, -0.15) is 0 Å².